The number of aromatic amines is 1. The molecule has 2 heterocycles. The number of H-pyrrole nitrogens is 1. The van der Waals surface area contributed by atoms with Gasteiger partial charge >= 0.3 is 5.69 Å². The number of hydrogen-bond donors (Lipinski definition) is 3. The molecular formula is C20H23N5O5S. The van der Waals surface area contributed by atoms with Crippen molar-refractivity contribution in [1.29, 1.82) is 0 Å². The Labute approximate surface area is 178 Å². The van der Waals surface area contributed by atoms with Crippen molar-refractivity contribution in [1.82, 2.24) is 14.5 Å². The molecule has 0 unspecified atom stereocenters. The summed E-state index contributed by atoms with van der Waals surface area (Å²) in [5.41, 5.74) is -0.0604. The van der Waals surface area contributed by atoms with Crippen molar-refractivity contribution >= 4 is 32.7 Å². The van der Waals surface area contributed by atoms with Gasteiger partial charge in [-0.05, 0) is 43.5 Å². The number of carbonyl (C=O) groups excluding carboxylic acids is 1. The molecule has 0 spiro atoms. The molecule has 0 aliphatic rings. The van der Waals surface area contributed by atoms with Crippen molar-refractivity contribution in [3.8, 4) is 0 Å². The van der Waals surface area contributed by atoms with Gasteiger partial charge < -0.3 is 5.32 Å². The van der Waals surface area contributed by atoms with Crippen LogP contribution in [0.25, 0.3) is 11.0 Å². The molecule has 2 aromatic heterocycles. The molecule has 0 aliphatic heterocycles. The lowest BCUT2D eigenvalue weighted by Crippen LogP contribution is -2.32. The molecule has 3 aromatic rings. The Morgan fingerprint density at radius 2 is 1.94 bits per heavy atom. The zero-order valence-electron chi connectivity index (χ0n) is 17.5. The van der Waals surface area contributed by atoms with E-state index in [0.29, 0.717) is 11.3 Å². The number of amides is 1. The lowest BCUT2D eigenvalue weighted by molar-refractivity contribution is 0.102. The number of nitrogens with one attached hydrogen (secondary N) is 2. The molecular weight excluding hydrogens is 422 g/mol. The number of aromatic nitrogens is 3. The fourth-order valence-electron chi connectivity index (χ4n) is 3.24. The SMILES string of the molecule is CCn1c(=O)[nH]c(=O)c2c(C(=O)Nc3ccc(C)c(S(N)(=O)=O)c3)cc(C(C)C)nc21. The van der Waals surface area contributed by atoms with Gasteiger partial charge in [0.15, 0.2) is 5.65 Å². The maximum atomic E-state index is 13.1. The number of hydrogen-bond acceptors (Lipinski definition) is 6. The molecule has 10 nitrogen and oxygen atoms in total. The first-order chi connectivity index (χ1) is 14.4. The van der Waals surface area contributed by atoms with Crippen LogP contribution in [0.2, 0.25) is 0 Å². The van der Waals surface area contributed by atoms with Crippen LogP contribution in [0.1, 0.15) is 48.3 Å². The van der Waals surface area contributed by atoms with Crippen LogP contribution in [0.15, 0.2) is 38.8 Å². The lowest BCUT2D eigenvalue weighted by Gasteiger charge is -2.14. The summed E-state index contributed by atoms with van der Waals surface area (Å²) >= 11 is 0. The molecule has 4 N–H and O–H groups in total. The second-order valence-corrected chi connectivity index (χ2v) is 8.96. The highest BCUT2D eigenvalue weighted by molar-refractivity contribution is 7.89. The Hall–Kier alpha value is -3.31. The molecule has 0 aliphatic carbocycles. The van der Waals surface area contributed by atoms with Gasteiger partial charge in [-0.3, -0.25) is 19.1 Å². The molecule has 0 radical (unpaired) electrons. The highest BCUT2D eigenvalue weighted by Crippen LogP contribution is 2.23. The van der Waals surface area contributed by atoms with E-state index in [0.717, 1.165) is 0 Å². The molecule has 0 atom stereocenters. The fourth-order valence-corrected chi connectivity index (χ4v) is 4.05. The highest BCUT2D eigenvalue weighted by atomic mass is 32.2. The smallest absolute Gasteiger partial charge is 0.322 e. The monoisotopic (exact) mass is 445 g/mol. The normalized spacial score (nSPS) is 11.8. The van der Waals surface area contributed by atoms with Crippen molar-refractivity contribution in [2.75, 3.05) is 5.32 Å². The fraction of sp³-hybridized carbons (Fsp3) is 0.300. The van der Waals surface area contributed by atoms with E-state index in [1.165, 1.54) is 28.8 Å². The van der Waals surface area contributed by atoms with Crippen LogP contribution >= 0.6 is 0 Å². The standard InChI is InChI=1S/C20H23N5O5S/c1-5-25-17-16(19(27)24-20(25)28)13(9-14(23-17)10(2)3)18(26)22-12-7-6-11(4)15(8-12)31(21,29)30/h6-10H,5H2,1-4H3,(H,22,26)(H2,21,29,30)(H,24,27,28). The Bertz CT molecular complexity index is 1420. The predicted octanol–water partition coefficient (Wildman–Crippen LogP) is 1.44. The molecule has 0 saturated carbocycles. The number of aryl methyl sites for hydroxylation is 2. The number of rotatable bonds is 5. The third-order valence-corrected chi connectivity index (χ3v) is 5.93. The minimum Gasteiger partial charge on any atom is -0.322 e. The largest absolute Gasteiger partial charge is 0.329 e. The number of nitrogens with zero attached hydrogens (tertiary/aromatic N) is 2. The van der Waals surface area contributed by atoms with Gasteiger partial charge in [0, 0.05) is 17.9 Å². The number of benzene rings is 1. The summed E-state index contributed by atoms with van der Waals surface area (Å²) in [5.74, 6) is -0.727. The summed E-state index contributed by atoms with van der Waals surface area (Å²) in [4.78, 5) is 44.4. The molecule has 0 saturated heterocycles. The maximum Gasteiger partial charge on any atom is 0.329 e. The van der Waals surface area contributed by atoms with Gasteiger partial charge in [0.2, 0.25) is 10.0 Å². The number of primary sulfonamides is 1. The average Bonchev–Trinajstić information content (AvgIpc) is 2.67. The summed E-state index contributed by atoms with van der Waals surface area (Å²) in [6.07, 6.45) is 0. The van der Waals surface area contributed by atoms with E-state index in [1.54, 1.807) is 13.8 Å². The van der Waals surface area contributed by atoms with Gasteiger partial charge in [0.1, 0.15) is 0 Å². The highest BCUT2D eigenvalue weighted by Gasteiger charge is 2.21. The van der Waals surface area contributed by atoms with Gasteiger partial charge in [-0.15, -0.1) is 0 Å². The van der Waals surface area contributed by atoms with Gasteiger partial charge in [-0.2, -0.15) is 0 Å². The number of pyridine rings is 1. The third-order valence-electron chi connectivity index (χ3n) is 4.87. The van der Waals surface area contributed by atoms with Gasteiger partial charge in [0.05, 0.1) is 15.8 Å². The first-order valence-electron chi connectivity index (χ1n) is 9.56. The van der Waals surface area contributed by atoms with E-state index in [1.807, 2.05) is 13.8 Å². The number of anilines is 1. The second kappa shape index (κ2) is 8.08. The maximum absolute atomic E-state index is 13.1. The minimum absolute atomic E-state index is 0.0230. The van der Waals surface area contributed by atoms with Crippen LogP contribution in [-0.2, 0) is 16.6 Å². The van der Waals surface area contributed by atoms with E-state index < -0.39 is 27.2 Å². The molecule has 0 bridgehead atoms. The number of sulfonamides is 1. The topological polar surface area (TPSA) is 157 Å². The molecule has 3 rings (SSSR count). The molecule has 1 amide bonds. The summed E-state index contributed by atoms with van der Waals surface area (Å²) in [6.45, 7) is 7.30. The summed E-state index contributed by atoms with van der Waals surface area (Å²) in [5, 5.41) is 7.82. The molecule has 11 heteroatoms. The molecule has 164 valence electrons. The lowest BCUT2D eigenvalue weighted by atomic mass is 10.0. The molecule has 1 aromatic carbocycles. The Balaban J connectivity index is 2.22. The second-order valence-electron chi connectivity index (χ2n) is 7.43. The zero-order chi connectivity index (χ0) is 23.1. The summed E-state index contributed by atoms with van der Waals surface area (Å²) in [6, 6.07) is 5.79. The number of nitrogens with two attached hydrogens (primary N) is 1. The van der Waals surface area contributed by atoms with Crippen LogP contribution in [-0.4, -0.2) is 28.9 Å². The predicted molar refractivity (Wildman–Crippen MR) is 117 cm³/mol. The first-order valence-corrected chi connectivity index (χ1v) is 11.1. The van der Waals surface area contributed by atoms with Crippen molar-refractivity contribution in [2.24, 2.45) is 5.14 Å². The first kappa shape index (κ1) is 22.4. The molecule has 31 heavy (non-hydrogen) atoms. The van der Waals surface area contributed by atoms with E-state index in [4.69, 9.17) is 5.14 Å². The van der Waals surface area contributed by atoms with Crippen LogP contribution in [0.4, 0.5) is 5.69 Å². The quantitative estimate of drug-likeness (QED) is 0.539. The van der Waals surface area contributed by atoms with Crippen LogP contribution in [0.5, 0.6) is 0 Å². The molecule has 0 fully saturated rings. The van der Waals surface area contributed by atoms with Crippen molar-refractivity contribution < 1.29 is 13.2 Å². The van der Waals surface area contributed by atoms with E-state index in [2.05, 4.69) is 15.3 Å². The van der Waals surface area contributed by atoms with Gasteiger partial charge in [0.25, 0.3) is 11.5 Å². The van der Waals surface area contributed by atoms with Crippen molar-refractivity contribution in [3.63, 3.8) is 0 Å². The van der Waals surface area contributed by atoms with Gasteiger partial charge in [-0.1, -0.05) is 19.9 Å². The minimum atomic E-state index is -3.98. The number of fused-ring (bicyclic) bond motifs is 1. The number of carbonyl (C=O) groups is 1. The van der Waals surface area contributed by atoms with E-state index in [-0.39, 0.29) is 39.6 Å². The van der Waals surface area contributed by atoms with Crippen LogP contribution in [0, 0.1) is 6.92 Å². The van der Waals surface area contributed by atoms with E-state index >= 15 is 0 Å². The van der Waals surface area contributed by atoms with Crippen LogP contribution < -0.4 is 21.7 Å². The Morgan fingerprint density at radius 1 is 1.26 bits per heavy atom. The van der Waals surface area contributed by atoms with Gasteiger partial charge in [-0.25, -0.2) is 23.3 Å². The Kier molecular flexibility index (Phi) is 5.83. The summed E-state index contributed by atoms with van der Waals surface area (Å²) in [7, 11) is -3.98. The van der Waals surface area contributed by atoms with Crippen LogP contribution in [0.3, 0.4) is 0 Å². The zero-order valence-corrected chi connectivity index (χ0v) is 18.3. The third kappa shape index (κ3) is 4.28. The van der Waals surface area contributed by atoms with Crippen molar-refractivity contribution in [2.45, 2.75) is 45.1 Å². The Morgan fingerprint density at radius 3 is 2.52 bits per heavy atom. The van der Waals surface area contributed by atoms with E-state index in [9.17, 15) is 22.8 Å². The summed E-state index contributed by atoms with van der Waals surface area (Å²) < 4.78 is 24.8. The average molecular weight is 446 g/mol. The van der Waals surface area contributed by atoms with Crippen molar-refractivity contribution in [3.05, 3.63) is 61.9 Å².